The summed E-state index contributed by atoms with van der Waals surface area (Å²) in [5.74, 6) is 0.453. The van der Waals surface area contributed by atoms with E-state index in [-0.39, 0.29) is 0 Å². The second kappa shape index (κ2) is 4.61. The zero-order valence-electron chi connectivity index (χ0n) is 8.18. The minimum atomic E-state index is 0.453. The summed E-state index contributed by atoms with van der Waals surface area (Å²) in [6.45, 7) is 3.16. The molecule has 1 aliphatic rings. The first-order chi connectivity index (χ1) is 5.74. The summed E-state index contributed by atoms with van der Waals surface area (Å²) in [6, 6.07) is 0.534. The van der Waals surface area contributed by atoms with Crippen molar-refractivity contribution < 1.29 is 4.79 Å². The minimum Gasteiger partial charge on any atom is -0.303 e. The summed E-state index contributed by atoms with van der Waals surface area (Å²) in [7, 11) is 2.13. The Morgan fingerprint density at radius 1 is 1.58 bits per heavy atom. The van der Waals surface area contributed by atoms with Crippen molar-refractivity contribution >= 4 is 5.78 Å². The molecule has 0 amide bonds. The van der Waals surface area contributed by atoms with Gasteiger partial charge in [-0.2, -0.15) is 0 Å². The second-order valence-electron chi connectivity index (χ2n) is 3.77. The lowest BCUT2D eigenvalue weighted by atomic mass is 9.97. The summed E-state index contributed by atoms with van der Waals surface area (Å²) in [6.07, 6.45) is 5.23. The van der Waals surface area contributed by atoms with E-state index in [0.29, 0.717) is 11.8 Å². The Kier molecular flexibility index (Phi) is 3.73. The van der Waals surface area contributed by atoms with E-state index in [0.717, 1.165) is 19.4 Å². The van der Waals surface area contributed by atoms with E-state index in [9.17, 15) is 4.79 Å². The van der Waals surface area contributed by atoms with Crippen LogP contribution in [0.5, 0.6) is 0 Å². The van der Waals surface area contributed by atoms with Gasteiger partial charge in [-0.1, -0.05) is 19.8 Å². The smallest absolute Gasteiger partial charge is 0.135 e. The molecule has 0 bridgehead atoms. The first-order valence-electron chi connectivity index (χ1n) is 4.96. The van der Waals surface area contributed by atoms with Crippen LogP contribution in [-0.4, -0.2) is 30.3 Å². The minimum absolute atomic E-state index is 0.453. The Hall–Kier alpha value is -0.370. The number of hydrogen-bond acceptors (Lipinski definition) is 2. The molecular formula is C10H19NO. The molecule has 1 rings (SSSR count). The second-order valence-corrected chi connectivity index (χ2v) is 3.77. The van der Waals surface area contributed by atoms with Gasteiger partial charge in [0.25, 0.3) is 0 Å². The molecule has 12 heavy (non-hydrogen) atoms. The topological polar surface area (TPSA) is 20.3 Å². The Labute approximate surface area is 74.9 Å². The zero-order chi connectivity index (χ0) is 8.97. The monoisotopic (exact) mass is 169 g/mol. The highest BCUT2D eigenvalue weighted by Crippen LogP contribution is 2.17. The zero-order valence-corrected chi connectivity index (χ0v) is 8.18. The standard InChI is InChI=1S/C10H19NO/c1-3-4-5-9-8-10(12)6-7-11(9)2/h9H,3-8H2,1-2H3. The average Bonchev–Trinajstić information content (AvgIpc) is 2.07. The molecule has 0 spiro atoms. The molecule has 70 valence electrons. The number of Topliss-reactive ketones (excluding diaryl/α,β-unsaturated/α-hetero) is 1. The number of piperidine rings is 1. The molecule has 1 unspecified atom stereocenters. The van der Waals surface area contributed by atoms with E-state index < -0.39 is 0 Å². The first kappa shape index (κ1) is 9.72. The van der Waals surface area contributed by atoms with Crippen LogP contribution in [0.3, 0.4) is 0 Å². The van der Waals surface area contributed by atoms with Crippen LogP contribution in [-0.2, 0) is 4.79 Å². The first-order valence-corrected chi connectivity index (χ1v) is 4.96. The fourth-order valence-corrected chi connectivity index (χ4v) is 1.77. The van der Waals surface area contributed by atoms with Crippen LogP contribution < -0.4 is 0 Å². The Morgan fingerprint density at radius 2 is 2.33 bits per heavy atom. The number of ketones is 1. The SMILES string of the molecule is CCCCC1CC(=O)CCN1C. The molecule has 1 atom stereocenters. The van der Waals surface area contributed by atoms with Crippen molar-refractivity contribution in [1.82, 2.24) is 4.90 Å². The van der Waals surface area contributed by atoms with Gasteiger partial charge < -0.3 is 4.90 Å². The highest BCUT2D eigenvalue weighted by molar-refractivity contribution is 5.79. The van der Waals surface area contributed by atoms with Crippen molar-refractivity contribution in [3.8, 4) is 0 Å². The van der Waals surface area contributed by atoms with Gasteiger partial charge in [0.2, 0.25) is 0 Å². The van der Waals surface area contributed by atoms with Crippen LogP contribution >= 0.6 is 0 Å². The summed E-state index contributed by atoms with van der Waals surface area (Å²) in [5.41, 5.74) is 0. The fraction of sp³-hybridized carbons (Fsp3) is 0.900. The number of carbonyl (C=O) groups is 1. The predicted octanol–water partition coefficient (Wildman–Crippen LogP) is 1.84. The third kappa shape index (κ3) is 2.59. The number of likely N-dealkylation sites (tertiary alicyclic amines) is 1. The summed E-state index contributed by atoms with van der Waals surface area (Å²) >= 11 is 0. The van der Waals surface area contributed by atoms with Gasteiger partial charge in [-0.25, -0.2) is 0 Å². The van der Waals surface area contributed by atoms with Gasteiger partial charge in [0, 0.05) is 25.4 Å². The molecule has 2 nitrogen and oxygen atoms in total. The average molecular weight is 169 g/mol. The van der Waals surface area contributed by atoms with Gasteiger partial charge in [0.15, 0.2) is 0 Å². The van der Waals surface area contributed by atoms with Crippen LogP contribution in [0.1, 0.15) is 39.0 Å². The van der Waals surface area contributed by atoms with Gasteiger partial charge >= 0.3 is 0 Å². The van der Waals surface area contributed by atoms with Crippen LogP contribution in [0.15, 0.2) is 0 Å². The van der Waals surface area contributed by atoms with Crippen molar-refractivity contribution in [1.29, 1.82) is 0 Å². The van der Waals surface area contributed by atoms with Crippen molar-refractivity contribution in [2.24, 2.45) is 0 Å². The molecule has 1 aliphatic heterocycles. The van der Waals surface area contributed by atoms with E-state index in [4.69, 9.17) is 0 Å². The Bertz CT molecular complexity index is 156. The van der Waals surface area contributed by atoms with Crippen molar-refractivity contribution in [3.05, 3.63) is 0 Å². The molecule has 1 saturated heterocycles. The lowest BCUT2D eigenvalue weighted by molar-refractivity contribution is -0.122. The van der Waals surface area contributed by atoms with E-state index >= 15 is 0 Å². The summed E-state index contributed by atoms with van der Waals surface area (Å²) in [5, 5.41) is 0. The molecule has 2 heteroatoms. The number of rotatable bonds is 3. The van der Waals surface area contributed by atoms with Crippen LogP contribution in [0.4, 0.5) is 0 Å². The Balaban J connectivity index is 2.33. The molecule has 0 saturated carbocycles. The highest BCUT2D eigenvalue weighted by atomic mass is 16.1. The molecule has 0 N–H and O–H groups in total. The lowest BCUT2D eigenvalue weighted by Gasteiger charge is -2.31. The number of carbonyl (C=O) groups excluding carboxylic acids is 1. The summed E-state index contributed by atoms with van der Waals surface area (Å²) < 4.78 is 0. The third-order valence-electron chi connectivity index (χ3n) is 2.72. The van der Waals surface area contributed by atoms with Crippen molar-refractivity contribution in [3.63, 3.8) is 0 Å². The van der Waals surface area contributed by atoms with Gasteiger partial charge in [0.05, 0.1) is 0 Å². The summed E-state index contributed by atoms with van der Waals surface area (Å²) in [4.78, 5) is 13.5. The Morgan fingerprint density at radius 3 is 3.00 bits per heavy atom. The number of unbranched alkanes of at least 4 members (excludes halogenated alkanes) is 1. The van der Waals surface area contributed by atoms with E-state index in [1.807, 2.05) is 0 Å². The maximum absolute atomic E-state index is 11.2. The molecule has 0 aromatic carbocycles. The molecule has 0 aliphatic carbocycles. The van der Waals surface area contributed by atoms with Crippen LogP contribution in [0, 0.1) is 0 Å². The lowest BCUT2D eigenvalue weighted by Crippen LogP contribution is -2.39. The van der Waals surface area contributed by atoms with E-state index in [1.165, 1.54) is 19.3 Å². The normalized spacial score (nSPS) is 26.2. The van der Waals surface area contributed by atoms with Gasteiger partial charge in [-0.15, -0.1) is 0 Å². The molecule has 0 aromatic heterocycles. The number of hydrogen-bond donors (Lipinski definition) is 0. The van der Waals surface area contributed by atoms with Gasteiger partial charge in [-0.3, -0.25) is 4.79 Å². The maximum Gasteiger partial charge on any atom is 0.135 e. The quantitative estimate of drug-likeness (QED) is 0.642. The highest BCUT2D eigenvalue weighted by Gasteiger charge is 2.22. The maximum atomic E-state index is 11.2. The number of nitrogens with zero attached hydrogens (tertiary/aromatic N) is 1. The molecule has 0 aromatic rings. The van der Waals surface area contributed by atoms with Crippen LogP contribution in [0.25, 0.3) is 0 Å². The van der Waals surface area contributed by atoms with Crippen molar-refractivity contribution in [2.45, 2.75) is 45.1 Å². The van der Waals surface area contributed by atoms with Gasteiger partial charge in [-0.05, 0) is 13.5 Å². The molecular weight excluding hydrogens is 150 g/mol. The third-order valence-corrected chi connectivity index (χ3v) is 2.72. The molecule has 0 radical (unpaired) electrons. The predicted molar refractivity (Wildman–Crippen MR) is 50.2 cm³/mol. The van der Waals surface area contributed by atoms with Gasteiger partial charge in [0.1, 0.15) is 5.78 Å². The molecule has 1 fully saturated rings. The van der Waals surface area contributed by atoms with E-state index in [2.05, 4.69) is 18.9 Å². The van der Waals surface area contributed by atoms with Crippen LogP contribution in [0.2, 0.25) is 0 Å². The largest absolute Gasteiger partial charge is 0.303 e. The van der Waals surface area contributed by atoms with E-state index in [1.54, 1.807) is 0 Å². The molecule has 1 heterocycles. The fourth-order valence-electron chi connectivity index (χ4n) is 1.77. The van der Waals surface area contributed by atoms with Crippen molar-refractivity contribution in [2.75, 3.05) is 13.6 Å².